The Balaban J connectivity index is 1.01. The predicted octanol–water partition coefficient (Wildman–Crippen LogP) is 8.27. The highest BCUT2D eigenvalue weighted by atomic mass is 16.2. The van der Waals surface area contributed by atoms with Crippen LogP contribution in [0.15, 0.2) is 109 Å². The monoisotopic (exact) mass is 705 g/mol. The Morgan fingerprint density at radius 2 is 1.43 bits per heavy atom. The second-order valence-corrected chi connectivity index (χ2v) is 14.2. The maximum Gasteiger partial charge on any atom is 0.245 e. The molecule has 0 bridgehead atoms. The third kappa shape index (κ3) is 7.01. The van der Waals surface area contributed by atoms with E-state index in [2.05, 4.69) is 83.3 Å². The van der Waals surface area contributed by atoms with Crippen LogP contribution < -0.4 is 0 Å². The van der Waals surface area contributed by atoms with Gasteiger partial charge < -0.3 is 19.8 Å². The molecule has 2 saturated heterocycles. The number of carbonyl (C=O) groups excluding carboxylic acids is 2. The fraction of sp³-hybridized carbons (Fsp3) is 0.318. The molecule has 270 valence electrons. The minimum atomic E-state index is -0.320. The van der Waals surface area contributed by atoms with Gasteiger partial charge in [0.25, 0.3) is 0 Å². The van der Waals surface area contributed by atoms with E-state index in [1.165, 1.54) is 0 Å². The molecule has 8 rings (SSSR count). The normalized spacial score (nSPS) is 17.9. The minimum Gasteiger partial charge on any atom is -0.346 e. The number of nitrogens with zero attached hydrogens (tertiary/aromatic N) is 5. The number of rotatable bonds is 11. The lowest BCUT2D eigenvalue weighted by molar-refractivity contribution is -0.138. The Bertz CT molecular complexity index is 2190. The summed E-state index contributed by atoms with van der Waals surface area (Å²) in [7, 11) is 0. The lowest BCUT2D eigenvalue weighted by atomic mass is 10.0. The molecule has 6 aromatic rings. The molecule has 2 aliphatic rings. The molecule has 0 unspecified atom stereocenters. The smallest absolute Gasteiger partial charge is 0.245 e. The van der Waals surface area contributed by atoms with Crippen LogP contribution in [0.25, 0.3) is 33.4 Å². The number of carbonyl (C=O) groups is 2. The van der Waals surface area contributed by atoms with Crippen molar-refractivity contribution in [1.82, 2.24) is 34.6 Å². The predicted molar refractivity (Wildman–Crippen MR) is 209 cm³/mol. The van der Waals surface area contributed by atoms with E-state index in [1.807, 2.05) is 64.5 Å². The summed E-state index contributed by atoms with van der Waals surface area (Å²) in [5, 5.41) is 0. The highest BCUT2D eigenvalue weighted by Crippen LogP contribution is 2.37. The van der Waals surface area contributed by atoms with E-state index in [9.17, 15) is 9.59 Å². The summed E-state index contributed by atoms with van der Waals surface area (Å²) in [5.41, 5.74) is 7.93. The van der Waals surface area contributed by atoms with Crippen LogP contribution in [0.3, 0.4) is 0 Å². The van der Waals surface area contributed by atoms with Gasteiger partial charge in [0.15, 0.2) is 0 Å². The summed E-state index contributed by atoms with van der Waals surface area (Å²) in [5.74, 6) is 1.96. The number of aromatic nitrogens is 4. The van der Waals surface area contributed by atoms with Crippen molar-refractivity contribution < 1.29 is 9.59 Å². The van der Waals surface area contributed by atoms with Gasteiger partial charge in [0, 0.05) is 24.8 Å². The maximum absolute atomic E-state index is 14.3. The second-order valence-electron chi connectivity index (χ2n) is 14.2. The Morgan fingerprint density at radius 3 is 2.19 bits per heavy atom. The van der Waals surface area contributed by atoms with Crippen molar-refractivity contribution in [2.75, 3.05) is 26.2 Å². The molecule has 2 aromatic heterocycles. The van der Waals surface area contributed by atoms with E-state index in [4.69, 9.17) is 9.97 Å². The number of likely N-dealkylation sites (tertiary alicyclic amines) is 2. The van der Waals surface area contributed by atoms with Gasteiger partial charge in [-0.3, -0.25) is 14.5 Å². The molecule has 9 nitrogen and oxygen atoms in total. The van der Waals surface area contributed by atoms with E-state index < -0.39 is 0 Å². The first-order chi connectivity index (χ1) is 26.0. The number of benzene rings is 4. The zero-order chi connectivity index (χ0) is 36.3. The molecule has 2 fully saturated rings. The zero-order valence-electron chi connectivity index (χ0n) is 30.5. The number of likely N-dealkylation sites (N-methyl/N-ethyl adjacent to an activating group) is 1. The summed E-state index contributed by atoms with van der Waals surface area (Å²) in [6.45, 7) is 7.30. The number of hydrogen-bond acceptors (Lipinski definition) is 5. The van der Waals surface area contributed by atoms with E-state index in [0.717, 1.165) is 108 Å². The summed E-state index contributed by atoms with van der Waals surface area (Å²) >= 11 is 0. The highest BCUT2D eigenvalue weighted by molar-refractivity contribution is 5.85. The third-order valence-electron chi connectivity index (χ3n) is 11.1. The van der Waals surface area contributed by atoms with Crippen molar-refractivity contribution >= 4 is 22.8 Å². The van der Waals surface area contributed by atoms with Crippen molar-refractivity contribution in [3.8, 4) is 22.4 Å². The molecule has 2 amide bonds. The molecule has 2 N–H and O–H groups in total. The molecule has 2 aliphatic heterocycles. The van der Waals surface area contributed by atoms with Crippen LogP contribution in [0.1, 0.15) is 80.4 Å². The molecule has 53 heavy (non-hydrogen) atoms. The van der Waals surface area contributed by atoms with E-state index in [1.54, 1.807) is 0 Å². The van der Waals surface area contributed by atoms with Gasteiger partial charge in [-0.2, -0.15) is 0 Å². The maximum atomic E-state index is 14.3. The van der Waals surface area contributed by atoms with Gasteiger partial charge in [0.05, 0.1) is 35.2 Å². The molecular formula is C44H47N7O2. The van der Waals surface area contributed by atoms with E-state index in [0.29, 0.717) is 6.42 Å². The van der Waals surface area contributed by atoms with Crippen molar-refractivity contribution in [1.29, 1.82) is 0 Å². The topological polar surface area (TPSA) is 101 Å². The number of fused-ring (bicyclic) bond motifs is 1. The fourth-order valence-corrected chi connectivity index (χ4v) is 8.31. The zero-order valence-corrected chi connectivity index (χ0v) is 30.5. The molecule has 4 aromatic carbocycles. The minimum absolute atomic E-state index is 0.0485. The Kier molecular flexibility index (Phi) is 9.91. The lowest BCUT2D eigenvalue weighted by Gasteiger charge is -2.34. The van der Waals surface area contributed by atoms with Gasteiger partial charge in [-0.25, -0.2) is 9.97 Å². The van der Waals surface area contributed by atoms with Crippen LogP contribution in [-0.4, -0.2) is 72.6 Å². The largest absolute Gasteiger partial charge is 0.346 e. The molecule has 9 heteroatoms. The first-order valence-corrected chi connectivity index (χ1v) is 19.1. The van der Waals surface area contributed by atoms with Crippen molar-refractivity contribution in [2.45, 2.75) is 64.1 Å². The molecule has 0 spiro atoms. The van der Waals surface area contributed by atoms with Crippen LogP contribution >= 0.6 is 0 Å². The van der Waals surface area contributed by atoms with Crippen molar-refractivity contribution in [3.05, 3.63) is 132 Å². The van der Waals surface area contributed by atoms with E-state index in [-0.39, 0.29) is 29.9 Å². The first-order valence-electron chi connectivity index (χ1n) is 19.1. The highest BCUT2D eigenvalue weighted by Gasteiger charge is 2.38. The van der Waals surface area contributed by atoms with Gasteiger partial charge in [0.2, 0.25) is 11.8 Å². The molecule has 4 heterocycles. The van der Waals surface area contributed by atoms with Gasteiger partial charge in [-0.05, 0) is 79.2 Å². The van der Waals surface area contributed by atoms with Crippen LogP contribution in [0.5, 0.6) is 0 Å². The molecule has 0 aliphatic carbocycles. The Labute approximate surface area is 311 Å². The summed E-state index contributed by atoms with van der Waals surface area (Å²) in [6.07, 6.45) is 6.05. The van der Waals surface area contributed by atoms with Crippen LogP contribution in [0.2, 0.25) is 0 Å². The lowest BCUT2D eigenvalue weighted by Crippen LogP contribution is -2.43. The van der Waals surface area contributed by atoms with E-state index >= 15 is 0 Å². The van der Waals surface area contributed by atoms with Gasteiger partial charge in [-0.1, -0.05) is 98.8 Å². The molecular weight excluding hydrogens is 659 g/mol. The second kappa shape index (κ2) is 15.2. The molecule has 3 atom stereocenters. The van der Waals surface area contributed by atoms with Gasteiger partial charge in [-0.15, -0.1) is 0 Å². The van der Waals surface area contributed by atoms with Crippen LogP contribution in [0, 0.1) is 0 Å². The van der Waals surface area contributed by atoms with Gasteiger partial charge >= 0.3 is 0 Å². The average Bonchev–Trinajstić information content (AvgIpc) is 4.03. The van der Waals surface area contributed by atoms with Crippen LogP contribution in [-0.2, 0) is 16.0 Å². The Morgan fingerprint density at radius 1 is 0.755 bits per heavy atom. The SMILES string of the molecule is CCN(CC)[C@@H](C(=O)N1CCC[C@H]1c1nc2ccc(-c3cccc(-c4c[nH]c([C@@H]5CCCN5C(=O)Cc5ccccc5)n4)c3)cc2[nH]1)c1ccccc1. The van der Waals surface area contributed by atoms with Crippen molar-refractivity contribution in [2.24, 2.45) is 0 Å². The summed E-state index contributed by atoms with van der Waals surface area (Å²) in [4.78, 5) is 50.9. The molecule has 0 radical (unpaired) electrons. The molecule has 0 saturated carbocycles. The number of H-pyrrole nitrogens is 2. The van der Waals surface area contributed by atoms with Crippen LogP contribution in [0.4, 0.5) is 0 Å². The number of aromatic amines is 2. The number of nitrogens with one attached hydrogen (secondary N) is 2. The quantitative estimate of drug-likeness (QED) is 0.141. The summed E-state index contributed by atoms with van der Waals surface area (Å²) in [6, 6.07) is 34.4. The van der Waals surface area contributed by atoms with Crippen molar-refractivity contribution in [3.63, 3.8) is 0 Å². The fourth-order valence-electron chi connectivity index (χ4n) is 8.31. The standard InChI is InChI=1S/C44H47N7O2/c1-3-49(4-2)41(31-16-9-6-10-17-31)44(53)51-25-13-21-39(51)43-46-35-23-22-33(28-36(35)47-43)32-18-11-19-34(27-32)37-29-45-42(48-37)38-20-12-24-50(38)40(52)26-30-14-7-5-8-15-30/h5-11,14-19,22-23,27-29,38-39,41H,3-4,12-13,20-21,24-26H2,1-2H3,(H,45,48)(H,46,47)/t38-,39-,41+/m0/s1. The average molecular weight is 706 g/mol. The number of amides is 2. The Hall–Kier alpha value is -5.54. The number of imidazole rings is 2. The third-order valence-corrected chi connectivity index (χ3v) is 11.1. The number of hydrogen-bond donors (Lipinski definition) is 2. The summed E-state index contributed by atoms with van der Waals surface area (Å²) < 4.78 is 0. The van der Waals surface area contributed by atoms with Gasteiger partial charge in [0.1, 0.15) is 17.7 Å². The first kappa shape index (κ1) is 34.5.